The number of rotatable bonds is 9. The van der Waals surface area contributed by atoms with E-state index >= 15 is 0 Å². The van der Waals surface area contributed by atoms with Crippen LogP contribution in [-0.4, -0.2) is 23.5 Å². The molecule has 0 bridgehead atoms. The van der Waals surface area contributed by atoms with Crippen LogP contribution in [0.2, 0.25) is 0 Å². The summed E-state index contributed by atoms with van der Waals surface area (Å²) >= 11 is 0. The number of benzene rings is 2. The van der Waals surface area contributed by atoms with Crippen molar-refractivity contribution in [2.45, 2.75) is 53.2 Å². The molecule has 33 heavy (non-hydrogen) atoms. The number of nitro benzene ring substituents is 1. The molecule has 3 rings (SSSR count). The average Bonchev–Trinajstić information content (AvgIpc) is 2.78. The van der Waals surface area contributed by atoms with Gasteiger partial charge in [-0.2, -0.15) is 0 Å². The lowest BCUT2D eigenvalue weighted by molar-refractivity contribution is -0.384. The molecule has 0 saturated carbocycles. The quantitative estimate of drug-likeness (QED) is 0.237. The van der Waals surface area contributed by atoms with Crippen LogP contribution in [0.25, 0.3) is 6.08 Å². The van der Waals surface area contributed by atoms with Crippen LogP contribution in [0.3, 0.4) is 0 Å². The number of hydrogen-bond acceptors (Lipinski definition) is 5. The molecule has 1 heterocycles. The minimum Gasteiger partial charge on any atom is -0.465 e. The van der Waals surface area contributed by atoms with E-state index in [1.54, 1.807) is 12.1 Å². The van der Waals surface area contributed by atoms with E-state index in [0.29, 0.717) is 6.61 Å². The summed E-state index contributed by atoms with van der Waals surface area (Å²) in [5.74, 6) is 0.994. The molecule has 0 fully saturated rings. The second-order valence-corrected chi connectivity index (χ2v) is 8.30. The maximum Gasteiger partial charge on any atom is 0.269 e. The largest absolute Gasteiger partial charge is 0.465 e. The Bertz CT molecular complexity index is 1070. The Morgan fingerprint density at radius 1 is 1.18 bits per heavy atom. The van der Waals surface area contributed by atoms with Gasteiger partial charge >= 0.3 is 0 Å². The van der Waals surface area contributed by atoms with Crippen molar-refractivity contribution >= 4 is 17.5 Å². The standard InChI is InChI=1S/C27H32N2O4/c1-6-32-21(5)33-25-15-13-22(14-16-25)9-7-12-26-20(4)28-19(3)18(2)27(26)23-10-8-11-24(17-23)29(30)31/h7-11,13-18,21,27H,6,12H2,1-5H3. The van der Waals surface area contributed by atoms with Crippen molar-refractivity contribution in [3.63, 3.8) is 0 Å². The van der Waals surface area contributed by atoms with Crippen LogP contribution in [-0.2, 0) is 4.74 Å². The van der Waals surface area contributed by atoms with Gasteiger partial charge in [0.05, 0.1) is 4.92 Å². The predicted octanol–water partition coefficient (Wildman–Crippen LogP) is 6.93. The number of hydrogen-bond donors (Lipinski definition) is 0. The molecule has 174 valence electrons. The molecule has 6 nitrogen and oxygen atoms in total. The molecule has 0 spiro atoms. The molecule has 0 aromatic heterocycles. The van der Waals surface area contributed by atoms with Crippen LogP contribution >= 0.6 is 0 Å². The molecule has 3 atom stereocenters. The second-order valence-electron chi connectivity index (χ2n) is 8.30. The van der Waals surface area contributed by atoms with E-state index in [1.807, 2.05) is 58.0 Å². The van der Waals surface area contributed by atoms with Crippen molar-refractivity contribution < 1.29 is 14.4 Å². The first-order chi connectivity index (χ1) is 15.8. The van der Waals surface area contributed by atoms with Gasteiger partial charge in [0.25, 0.3) is 5.69 Å². The number of ether oxygens (including phenoxy) is 2. The number of aliphatic imine (C=N–C) groups is 1. The summed E-state index contributed by atoms with van der Waals surface area (Å²) in [6.45, 7) is 10.6. The van der Waals surface area contributed by atoms with Crippen LogP contribution in [0.5, 0.6) is 5.75 Å². The second kappa shape index (κ2) is 11.1. The highest BCUT2D eigenvalue weighted by molar-refractivity contribution is 5.87. The molecule has 3 unspecified atom stereocenters. The first kappa shape index (κ1) is 24.4. The highest BCUT2D eigenvalue weighted by Crippen LogP contribution is 2.41. The molecule has 2 aromatic carbocycles. The van der Waals surface area contributed by atoms with Gasteiger partial charge in [0.15, 0.2) is 6.29 Å². The Morgan fingerprint density at radius 2 is 1.91 bits per heavy atom. The highest BCUT2D eigenvalue weighted by atomic mass is 16.7. The molecule has 2 aromatic rings. The number of nitrogens with zero attached hydrogens (tertiary/aromatic N) is 2. The zero-order valence-electron chi connectivity index (χ0n) is 19.9. The van der Waals surface area contributed by atoms with E-state index in [-0.39, 0.29) is 28.7 Å². The predicted molar refractivity (Wildman–Crippen MR) is 133 cm³/mol. The molecule has 1 aliphatic heterocycles. The van der Waals surface area contributed by atoms with Crippen molar-refractivity contribution in [2.24, 2.45) is 10.9 Å². The molecular weight excluding hydrogens is 416 g/mol. The monoisotopic (exact) mass is 448 g/mol. The van der Waals surface area contributed by atoms with Crippen LogP contribution in [0.4, 0.5) is 5.69 Å². The van der Waals surface area contributed by atoms with Gasteiger partial charge in [-0.3, -0.25) is 15.1 Å². The zero-order chi connectivity index (χ0) is 24.0. The van der Waals surface area contributed by atoms with Crippen molar-refractivity contribution in [3.8, 4) is 5.75 Å². The Morgan fingerprint density at radius 3 is 2.58 bits per heavy atom. The van der Waals surface area contributed by atoms with E-state index in [2.05, 4.69) is 19.1 Å². The molecule has 0 N–H and O–H groups in total. The summed E-state index contributed by atoms with van der Waals surface area (Å²) in [6.07, 6.45) is 4.65. The first-order valence-electron chi connectivity index (χ1n) is 11.3. The fourth-order valence-corrected chi connectivity index (χ4v) is 4.24. The van der Waals surface area contributed by atoms with Gasteiger partial charge in [-0.05, 0) is 62.9 Å². The van der Waals surface area contributed by atoms with Crippen molar-refractivity contribution in [1.82, 2.24) is 0 Å². The molecule has 6 heteroatoms. The number of non-ortho nitro benzene ring substituents is 1. The normalized spacial score (nSPS) is 19.5. The summed E-state index contributed by atoms with van der Waals surface area (Å²) in [6, 6.07) is 14.9. The molecule has 1 aliphatic rings. The van der Waals surface area contributed by atoms with Crippen LogP contribution in [0, 0.1) is 16.0 Å². The van der Waals surface area contributed by atoms with Gasteiger partial charge in [-0.1, -0.05) is 43.3 Å². The van der Waals surface area contributed by atoms with Crippen molar-refractivity contribution in [3.05, 3.63) is 87.1 Å². The lowest BCUT2D eigenvalue weighted by Crippen LogP contribution is -2.23. The van der Waals surface area contributed by atoms with E-state index in [4.69, 9.17) is 14.5 Å². The fourth-order valence-electron chi connectivity index (χ4n) is 4.24. The van der Waals surface area contributed by atoms with E-state index in [9.17, 15) is 10.1 Å². The van der Waals surface area contributed by atoms with Gasteiger partial charge in [0, 0.05) is 42.0 Å². The molecule has 0 aliphatic carbocycles. The molecule has 0 saturated heterocycles. The highest BCUT2D eigenvalue weighted by Gasteiger charge is 2.30. The van der Waals surface area contributed by atoms with Crippen molar-refractivity contribution in [1.29, 1.82) is 0 Å². The molecule has 0 radical (unpaired) electrons. The van der Waals surface area contributed by atoms with E-state index < -0.39 is 0 Å². The number of nitro groups is 1. The zero-order valence-corrected chi connectivity index (χ0v) is 19.9. The fraction of sp³-hybridized carbons (Fsp3) is 0.370. The van der Waals surface area contributed by atoms with E-state index in [0.717, 1.165) is 34.7 Å². The van der Waals surface area contributed by atoms with Crippen LogP contribution < -0.4 is 4.74 Å². The summed E-state index contributed by atoms with van der Waals surface area (Å²) in [5, 5.41) is 11.3. The van der Waals surface area contributed by atoms with Gasteiger partial charge in [0.1, 0.15) is 5.75 Å². The average molecular weight is 449 g/mol. The number of allylic oxidation sites excluding steroid dienone is 3. The summed E-state index contributed by atoms with van der Waals surface area (Å²) in [7, 11) is 0. The van der Waals surface area contributed by atoms with Gasteiger partial charge in [0.2, 0.25) is 0 Å². The summed E-state index contributed by atoms with van der Waals surface area (Å²) in [5.41, 5.74) is 5.37. The lowest BCUT2D eigenvalue weighted by atomic mass is 9.75. The molecular formula is C27H32N2O4. The maximum atomic E-state index is 11.3. The molecule has 0 amide bonds. The Balaban J connectivity index is 1.78. The maximum absolute atomic E-state index is 11.3. The summed E-state index contributed by atoms with van der Waals surface area (Å²) < 4.78 is 11.1. The minimum atomic E-state index is -0.337. The SMILES string of the molecule is CCOC(C)Oc1ccc(C=CCC2=C(C)N=C(C)C(C)C2c2cccc([N+](=O)[O-])c2)cc1. The van der Waals surface area contributed by atoms with Gasteiger partial charge in [-0.15, -0.1) is 0 Å². The summed E-state index contributed by atoms with van der Waals surface area (Å²) in [4.78, 5) is 15.7. The van der Waals surface area contributed by atoms with E-state index in [1.165, 1.54) is 11.6 Å². The third-order valence-corrected chi connectivity index (χ3v) is 6.01. The third-order valence-electron chi connectivity index (χ3n) is 6.01. The van der Waals surface area contributed by atoms with Crippen LogP contribution in [0.15, 0.2) is 70.9 Å². The Labute approximate surface area is 195 Å². The first-order valence-corrected chi connectivity index (χ1v) is 11.3. The Hall–Kier alpha value is -3.25. The third kappa shape index (κ3) is 6.17. The Kier molecular flexibility index (Phi) is 8.17. The van der Waals surface area contributed by atoms with Crippen LogP contribution in [0.1, 0.15) is 58.1 Å². The minimum absolute atomic E-state index is 0.0582. The van der Waals surface area contributed by atoms with Gasteiger partial charge < -0.3 is 9.47 Å². The van der Waals surface area contributed by atoms with Crippen molar-refractivity contribution in [2.75, 3.05) is 6.61 Å². The van der Waals surface area contributed by atoms with Gasteiger partial charge in [-0.25, -0.2) is 0 Å². The lowest BCUT2D eigenvalue weighted by Gasteiger charge is -2.31. The topological polar surface area (TPSA) is 74.0 Å². The smallest absolute Gasteiger partial charge is 0.269 e.